The molecule has 0 heterocycles. The van der Waals surface area contributed by atoms with Crippen molar-refractivity contribution in [1.29, 1.82) is 0 Å². The summed E-state index contributed by atoms with van der Waals surface area (Å²) in [6, 6.07) is 21.1. The third-order valence-electron chi connectivity index (χ3n) is 4.62. The maximum atomic E-state index is 12.5. The van der Waals surface area contributed by atoms with Crippen LogP contribution < -0.4 is 10.1 Å². The lowest BCUT2D eigenvalue weighted by molar-refractivity contribution is -0.139. The predicted octanol–water partition coefficient (Wildman–Crippen LogP) is 3.39. The molecule has 1 amide bonds. The second-order valence-corrected chi connectivity index (χ2v) is 6.84. The van der Waals surface area contributed by atoms with Crippen molar-refractivity contribution >= 4 is 17.8 Å². The zero-order valence-electron chi connectivity index (χ0n) is 16.5. The second kappa shape index (κ2) is 10.1. The SMILES string of the molecule is O=C(O)c1ccccc1C(=O)N[C@@H](Cc1ccc(OCc2ccccc2)cc1)C(=O)O. The minimum atomic E-state index is -1.26. The van der Waals surface area contributed by atoms with Crippen LogP contribution in [0, 0.1) is 0 Å². The minimum absolute atomic E-state index is 0.0370. The van der Waals surface area contributed by atoms with E-state index in [0.29, 0.717) is 17.9 Å². The van der Waals surface area contributed by atoms with Gasteiger partial charge in [0.2, 0.25) is 0 Å². The Morgan fingerprint density at radius 2 is 1.39 bits per heavy atom. The number of carboxylic acids is 2. The Kier molecular flexibility index (Phi) is 7.01. The fourth-order valence-electron chi connectivity index (χ4n) is 3.00. The molecule has 0 unspecified atom stereocenters. The molecular weight excluding hydrogens is 398 g/mol. The number of aromatic carboxylic acids is 1. The van der Waals surface area contributed by atoms with Crippen LogP contribution in [0.4, 0.5) is 0 Å². The topological polar surface area (TPSA) is 113 Å². The molecule has 0 spiro atoms. The van der Waals surface area contributed by atoms with Crippen LogP contribution in [-0.4, -0.2) is 34.1 Å². The number of aliphatic carboxylic acids is 1. The molecule has 0 saturated carbocycles. The number of carboxylic acid groups (broad SMARTS) is 2. The van der Waals surface area contributed by atoms with Crippen molar-refractivity contribution in [2.75, 3.05) is 0 Å². The molecule has 0 aliphatic carbocycles. The van der Waals surface area contributed by atoms with Crippen LogP contribution in [0.2, 0.25) is 0 Å². The predicted molar refractivity (Wildman–Crippen MR) is 113 cm³/mol. The van der Waals surface area contributed by atoms with E-state index in [1.807, 2.05) is 30.3 Å². The quantitative estimate of drug-likeness (QED) is 0.490. The van der Waals surface area contributed by atoms with Gasteiger partial charge in [-0.25, -0.2) is 9.59 Å². The molecule has 0 aromatic heterocycles. The molecule has 3 N–H and O–H groups in total. The van der Waals surface area contributed by atoms with E-state index in [1.165, 1.54) is 24.3 Å². The second-order valence-electron chi connectivity index (χ2n) is 6.84. The number of nitrogens with one attached hydrogen (secondary N) is 1. The molecule has 31 heavy (non-hydrogen) atoms. The van der Waals surface area contributed by atoms with Gasteiger partial charge < -0.3 is 20.3 Å². The summed E-state index contributed by atoms with van der Waals surface area (Å²) in [6.45, 7) is 0.414. The van der Waals surface area contributed by atoms with Crippen LogP contribution in [0.5, 0.6) is 5.75 Å². The highest BCUT2D eigenvalue weighted by molar-refractivity contribution is 6.05. The van der Waals surface area contributed by atoms with Gasteiger partial charge in [-0.3, -0.25) is 4.79 Å². The fourth-order valence-corrected chi connectivity index (χ4v) is 3.00. The van der Waals surface area contributed by atoms with Gasteiger partial charge in [-0.1, -0.05) is 54.6 Å². The Hall–Kier alpha value is -4.13. The Bertz CT molecular complexity index is 1060. The molecule has 158 valence electrons. The summed E-state index contributed by atoms with van der Waals surface area (Å²) < 4.78 is 5.72. The normalized spacial score (nSPS) is 11.4. The Labute approximate surface area is 178 Å². The van der Waals surface area contributed by atoms with Crippen LogP contribution in [0.3, 0.4) is 0 Å². The highest BCUT2D eigenvalue weighted by atomic mass is 16.5. The van der Waals surface area contributed by atoms with Crippen LogP contribution in [0.25, 0.3) is 0 Å². The fraction of sp³-hybridized carbons (Fsp3) is 0.125. The summed E-state index contributed by atoms with van der Waals surface area (Å²) in [7, 11) is 0. The van der Waals surface area contributed by atoms with Crippen LogP contribution >= 0.6 is 0 Å². The lowest BCUT2D eigenvalue weighted by atomic mass is 10.0. The molecule has 0 fully saturated rings. The van der Waals surface area contributed by atoms with E-state index in [-0.39, 0.29) is 17.5 Å². The number of rotatable bonds is 9. The van der Waals surface area contributed by atoms with E-state index in [4.69, 9.17) is 4.74 Å². The number of amides is 1. The van der Waals surface area contributed by atoms with Gasteiger partial charge in [0.05, 0.1) is 11.1 Å². The van der Waals surface area contributed by atoms with Gasteiger partial charge in [0.1, 0.15) is 18.4 Å². The van der Waals surface area contributed by atoms with Crippen molar-refractivity contribution in [3.8, 4) is 5.75 Å². The maximum Gasteiger partial charge on any atom is 0.336 e. The van der Waals surface area contributed by atoms with Crippen molar-refractivity contribution < 1.29 is 29.3 Å². The number of hydrogen-bond donors (Lipinski definition) is 3. The Morgan fingerprint density at radius 1 is 0.774 bits per heavy atom. The number of hydrogen-bond acceptors (Lipinski definition) is 4. The van der Waals surface area contributed by atoms with Crippen molar-refractivity contribution in [2.45, 2.75) is 19.1 Å². The highest BCUT2D eigenvalue weighted by Gasteiger charge is 2.23. The molecule has 3 aromatic carbocycles. The van der Waals surface area contributed by atoms with Crippen molar-refractivity contribution in [2.24, 2.45) is 0 Å². The third kappa shape index (κ3) is 5.93. The summed E-state index contributed by atoms with van der Waals surface area (Å²) in [5, 5.41) is 21.2. The lowest BCUT2D eigenvalue weighted by Gasteiger charge is -2.16. The summed E-state index contributed by atoms with van der Waals surface area (Å²) >= 11 is 0. The summed E-state index contributed by atoms with van der Waals surface area (Å²) in [5.74, 6) is -2.60. The van der Waals surface area contributed by atoms with Crippen LogP contribution in [0.15, 0.2) is 78.9 Å². The number of ether oxygens (including phenoxy) is 1. The average Bonchev–Trinajstić information content (AvgIpc) is 2.78. The minimum Gasteiger partial charge on any atom is -0.489 e. The summed E-state index contributed by atoms with van der Waals surface area (Å²) in [5.41, 5.74) is 1.43. The highest BCUT2D eigenvalue weighted by Crippen LogP contribution is 2.16. The van der Waals surface area contributed by atoms with E-state index in [1.54, 1.807) is 24.3 Å². The van der Waals surface area contributed by atoms with Gasteiger partial charge in [0.15, 0.2) is 0 Å². The number of carbonyl (C=O) groups is 3. The molecule has 1 atom stereocenters. The molecule has 0 radical (unpaired) electrons. The molecule has 0 bridgehead atoms. The molecule has 0 saturated heterocycles. The lowest BCUT2D eigenvalue weighted by Crippen LogP contribution is -2.42. The number of carbonyl (C=O) groups excluding carboxylic acids is 1. The first-order valence-electron chi connectivity index (χ1n) is 9.55. The Balaban J connectivity index is 1.64. The van der Waals surface area contributed by atoms with Gasteiger partial charge in [-0.2, -0.15) is 0 Å². The van der Waals surface area contributed by atoms with Gasteiger partial charge in [0.25, 0.3) is 5.91 Å². The summed E-state index contributed by atoms with van der Waals surface area (Å²) in [6.07, 6.45) is 0.0370. The summed E-state index contributed by atoms with van der Waals surface area (Å²) in [4.78, 5) is 35.5. The van der Waals surface area contributed by atoms with Gasteiger partial charge in [-0.05, 0) is 35.4 Å². The van der Waals surface area contributed by atoms with E-state index in [9.17, 15) is 24.6 Å². The molecule has 3 rings (SSSR count). The molecule has 3 aromatic rings. The van der Waals surface area contributed by atoms with Gasteiger partial charge >= 0.3 is 11.9 Å². The molecule has 7 nitrogen and oxygen atoms in total. The van der Waals surface area contributed by atoms with E-state index < -0.39 is 23.9 Å². The van der Waals surface area contributed by atoms with Crippen LogP contribution in [-0.2, 0) is 17.8 Å². The molecule has 7 heteroatoms. The molecular formula is C24H21NO6. The average molecular weight is 419 g/mol. The van der Waals surface area contributed by atoms with Crippen molar-refractivity contribution in [3.63, 3.8) is 0 Å². The zero-order chi connectivity index (χ0) is 22.2. The van der Waals surface area contributed by atoms with E-state index in [0.717, 1.165) is 5.56 Å². The monoisotopic (exact) mass is 419 g/mol. The maximum absolute atomic E-state index is 12.5. The number of benzene rings is 3. The molecule has 0 aliphatic heterocycles. The molecule has 0 aliphatic rings. The van der Waals surface area contributed by atoms with E-state index in [2.05, 4.69) is 5.32 Å². The third-order valence-corrected chi connectivity index (χ3v) is 4.62. The van der Waals surface area contributed by atoms with Crippen LogP contribution in [0.1, 0.15) is 31.8 Å². The standard InChI is InChI=1S/C24H21NO6/c26-22(19-8-4-5-9-20(19)23(27)28)25-21(24(29)30)14-16-10-12-18(13-11-16)31-15-17-6-2-1-3-7-17/h1-13,21H,14-15H2,(H,25,26)(H,27,28)(H,29,30)/t21-/m0/s1. The van der Waals surface area contributed by atoms with Crippen molar-refractivity contribution in [3.05, 3.63) is 101 Å². The van der Waals surface area contributed by atoms with Gasteiger partial charge in [-0.15, -0.1) is 0 Å². The smallest absolute Gasteiger partial charge is 0.336 e. The first-order chi connectivity index (χ1) is 14.9. The van der Waals surface area contributed by atoms with E-state index >= 15 is 0 Å². The largest absolute Gasteiger partial charge is 0.489 e. The first-order valence-corrected chi connectivity index (χ1v) is 9.55. The van der Waals surface area contributed by atoms with Crippen molar-refractivity contribution in [1.82, 2.24) is 5.32 Å². The Morgan fingerprint density at radius 3 is 2.00 bits per heavy atom. The first kappa shape index (κ1) is 21.6. The van der Waals surface area contributed by atoms with Gasteiger partial charge in [0, 0.05) is 6.42 Å². The zero-order valence-corrected chi connectivity index (χ0v) is 16.5.